The molecule has 0 aromatic heterocycles. The molecule has 0 spiro atoms. The highest BCUT2D eigenvalue weighted by atomic mass is 16.5. The number of methoxy groups -OCH3 is 1. The summed E-state index contributed by atoms with van der Waals surface area (Å²) in [6, 6.07) is 16.7. The van der Waals surface area contributed by atoms with Crippen LogP contribution in [0.2, 0.25) is 0 Å². The first-order valence-corrected chi connectivity index (χ1v) is 6.73. The van der Waals surface area contributed by atoms with Crippen molar-refractivity contribution < 1.29 is 9.53 Å². The van der Waals surface area contributed by atoms with Crippen molar-refractivity contribution in [1.82, 2.24) is 5.32 Å². The normalized spacial score (nSPS) is 11.9. The van der Waals surface area contributed by atoms with E-state index in [-0.39, 0.29) is 11.8 Å². The van der Waals surface area contributed by atoms with Gasteiger partial charge < -0.3 is 10.1 Å². The molecule has 0 aliphatic carbocycles. The minimum atomic E-state index is -0.311. The predicted molar refractivity (Wildman–Crippen MR) is 80.2 cm³/mol. The van der Waals surface area contributed by atoms with E-state index in [1.54, 1.807) is 31.4 Å². The Hall–Kier alpha value is -2.13. The number of ketones is 1. The number of hydrogen-bond acceptors (Lipinski definition) is 3. The van der Waals surface area contributed by atoms with Gasteiger partial charge in [0.15, 0.2) is 5.78 Å². The maximum atomic E-state index is 12.6. The highest BCUT2D eigenvalue weighted by molar-refractivity contribution is 6.00. The third-order valence-corrected chi connectivity index (χ3v) is 3.18. The van der Waals surface area contributed by atoms with Gasteiger partial charge in [-0.2, -0.15) is 0 Å². The van der Waals surface area contributed by atoms with Gasteiger partial charge in [-0.15, -0.1) is 0 Å². The summed E-state index contributed by atoms with van der Waals surface area (Å²) in [5.41, 5.74) is 1.66. The molecule has 104 valence electrons. The zero-order chi connectivity index (χ0) is 14.4. The molecule has 2 rings (SSSR count). The summed E-state index contributed by atoms with van der Waals surface area (Å²) >= 11 is 0. The molecule has 20 heavy (non-hydrogen) atoms. The Bertz CT molecular complexity index is 549. The first-order chi connectivity index (χ1) is 9.76. The lowest BCUT2D eigenvalue weighted by molar-refractivity contribution is 0.0944. The van der Waals surface area contributed by atoms with Gasteiger partial charge in [-0.1, -0.05) is 37.3 Å². The van der Waals surface area contributed by atoms with Gasteiger partial charge in [0.25, 0.3) is 0 Å². The molecule has 0 aliphatic heterocycles. The van der Waals surface area contributed by atoms with Crippen molar-refractivity contribution in [2.45, 2.75) is 13.0 Å². The van der Waals surface area contributed by atoms with Crippen LogP contribution in [0.1, 0.15) is 28.9 Å². The van der Waals surface area contributed by atoms with Gasteiger partial charge in [0.2, 0.25) is 0 Å². The number of carbonyl (C=O) groups is 1. The van der Waals surface area contributed by atoms with E-state index in [1.807, 2.05) is 37.3 Å². The summed E-state index contributed by atoms with van der Waals surface area (Å²) in [4.78, 5) is 12.6. The van der Waals surface area contributed by atoms with E-state index in [2.05, 4.69) is 5.32 Å². The molecule has 3 heteroatoms. The monoisotopic (exact) mass is 269 g/mol. The fraction of sp³-hybridized carbons (Fsp3) is 0.235. The second-order valence-electron chi connectivity index (χ2n) is 4.49. The highest BCUT2D eigenvalue weighted by Gasteiger charge is 2.20. The van der Waals surface area contributed by atoms with Gasteiger partial charge in [0, 0.05) is 5.56 Å². The number of ether oxygens (including phenoxy) is 1. The number of likely N-dealkylation sites (N-methyl/N-ethyl adjacent to an activating group) is 1. The third kappa shape index (κ3) is 3.25. The van der Waals surface area contributed by atoms with E-state index in [0.717, 1.165) is 17.9 Å². The number of carbonyl (C=O) groups excluding carboxylic acids is 1. The van der Waals surface area contributed by atoms with Crippen molar-refractivity contribution in [2.24, 2.45) is 0 Å². The predicted octanol–water partition coefficient (Wildman–Crippen LogP) is 3.23. The first kappa shape index (κ1) is 14.3. The summed E-state index contributed by atoms with van der Waals surface area (Å²) in [6.07, 6.45) is 0. The van der Waals surface area contributed by atoms with Crippen LogP contribution < -0.4 is 10.1 Å². The summed E-state index contributed by atoms with van der Waals surface area (Å²) in [6.45, 7) is 2.73. The van der Waals surface area contributed by atoms with Crippen LogP contribution in [0.15, 0.2) is 54.6 Å². The molecule has 0 radical (unpaired) electrons. The second kappa shape index (κ2) is 6.87. The van der Waals surface area contributed by atoms with Crippen molar-refractivity contribution in [1.29, 1.82) is 0 Å². The standard InChI is InChI=1S/C17H19NO2/c1-3-18-16(13-7-5-4-6-8-13)17(19)14-9-11-15(20-2)12-10-14/h4-12,16,18H,3H2,1-2H3. The maximum Gasteiger partial charge on any atom is 0.184 e. The Balaban J connectivity index is 2.26. The zero-order valence-electron chi connectivity index (χ0n) is 11.8. The molecule has 0 fully saturated rings. The lowest BCUT2D eigenvalue weighted by Crippen LogP contribution is -2.28. The van der Waals surface area contributed by atoms with Gasteiger partial charge in [0.1, 0.15) is 5.75 Å². The molecule has 2 aromatic carbocycles. The Morgan fingerprint density at radius 2 is 1.75 bits per heavy atom. The van der Waals surface area contributed by atoms with Crippen LogP contribution >= 0.6 is 0 Å². The van der Waals surface area contributed by atoms with Gasteiger partial charge in [-0.25, -0.2) is 0 Å². The van der Waals surface area contributed by atoms with Crippen LogP contribution in [0.5, 0.6) is 5.75 Å². The van der Waals surface area contributed by atoms with Crippen LogP contribution in [0, 0.1) is 0 Å². The van der Waals surface area contributed by atoms with Crippen LogP contribution in [-0.4, -0.2) is 19.4 Å². The quantitative estimate of drug-likeness (QED) is 0.818. The van der Waals surface area contributed by atoms with Crippen LogP contribution in [0.3, 0.4) is 0 Å². The zero-order valence-corrected chi connectivity index (χ0v) is 11.8. The van der Waals surface area contributed by atoms with Gasteiger partial charge in [-0.05, 0) is 36.4 Å². The van der Waals surface area contributed by atoms with Crippen molar-refractivity contribution in [3.8, 4) is 5.75 Å². The molecular weight excluding hydrogens is 250 g/mol. The van der Waals surface area contributed by atoms with E-state index in [4.69, 9.17) is 4.74 Å². The minimum Gasteiger partial charge on any atom is -0.497 e. The number of hydrogen-bond donors (Lipinski definition) is 1. The summed E-state index contributed by atoms with van der Waals surface area (Å²) in [7, 11) is 1.61. The van der Waals surface area contributed by atoms with Crippen molar-refractivity contribution in [2.75, 3.05) is 13.7 Å². The molecule has 0 saturated carbocycles. The van der Waals surface area contributed by atoms with Gasteiger partial charge in [-0.3, -0.25) is 4.79 Å². The number of rotatable bonds is 6. The SMILES string of the molecule is CCNC(C(=O)c1ccc(OC)cc1)c1ccccc1. The van der Waals surface area contributed by atoms with E-state index < -0.39 is 0 Å². The molecule has 0 bridgehead atoms. The second-order valence-corrected chi connectivity index (χ2v) is 4.49. The molecule has 1 N–H and O–H groups in total. The number of benzene rings is 2. The first-order valence-electron chi connectivity index (χ1n) is 6.73. The largest absolute Gasteiger partial charge is 0.497 e. The highest BCUT2D eigenvalue weighted by Crippen LogP contribution is 2.20. The van der Waals surface area contributed by atoms with Crippen molar-refractivity contribution >= 4 is 5.78 Å². The Labute approximate surface area is 119 Å². The van der Waals surface area contributed by atoms with Crippen molar-refractivity contribution in [3.05, 3.63) is 65.7 Å². The summed E-state index contributed by atoms with van der Waals surface area (Å²) in [5.74, 6) is 0.821. The van der Waals surface area contributed by atoms with Gasteiger partial charge in [0.05, 0.1) is 13.2 Å². The minimum absolute atomic E-state index is 0.0701. The lowest BCUT2D eigenvalue weighted by Gasteiger charge is -2.17. The maximum absolute atomic E-state index is 12.6. The Morgan fingerprint density at radius 1 is 1.10 bits per heavy atom. The molecular formula is C17H19NO2. The molecule has 3 nitrogen and oxygen atoms in total. The van der Waals surface area contributed by atoms with E-state index in [1.165, 1.54) is 0 Å². The Kier molecular flexibility index (Phi) is 4.91. The topological polar surface area (TPSA) is 38.3 Å². The van der Waals surface area contributed by atoms with Crippen LogP contribution in [0.25, 0.3) is 0 Å². The van der Waals surface area contributed by atoms with Crippen molar-refractivity contribution in [3.63, 3.8) is 0 Å². The molecule has 0 saturated heterocycles. The van der Waals surface area contributed by atoms with E-state index >= 15 is 0 Å². The summed E-state index contributed by atoms with van der Waals surface area (Å²) < 4.78 is 5.11. The fourth-order valence-electron chi connectivity index (χ4n) is 2.13. The molecule has 2 aromatic rings. The smallest absolute Gasteiger partial charge is 0.184 e. The average molecular weight is 269 g/mol. The van der Waals surface area contributed by atoms with Crippen LogP contribution in [0.4, 0.5) is 0 Å². The molecule has 0 aliphatic rings. The molecule has 1 atom stereocenters. The third-order valence-electron chi connectivity index (χ3n) is 3.18. The molecule has 0 amide bonds. The van der Waals surface area contributed by atoms with E-state index in [0.29, 0.717) is 5.56 Å². The Morgan fingerprint density at radius 3 is 2.30 bits per heavy atom. The number of Topliss-reactive ketones (excluding diaryl/α,β-unsaturated/α-hetero) is 1. The van der Waals surface area contributed by atoms with Gasteiger partial charge >= 0.3 is 0 Å². The van der Waals surface area contributed by atoms with E-state index in [9.17, 15) is 4.79 Å². The fourth-order valence-corrected chi connectivity index (χ4v) is 2.13. The summed E-state index contributed by atoms with van der Waals surface area (Å²) in [5, 5.41) is 3.24. The molecule has 0 heterocycles. The molecule has 1 unspecified atom stereocenters. The lowest BCUT2D eigenvalue weighted by atomic mass is 9.97. The average Bonchev–Trinajstić information content (AvgIpc) is 2.53. The number of nitrogens with one attached hydrogen (secondary N) is 1. The van der Waals surface area contributed by atoms with Crippen LogP contribution in [-0.2, 0) is 0 Å².